The maximum atomic E-state index is 13.3. The largest absolute Gasteiger partial charge is 0.418 e. The molecule has 5 N–H and O–H groups in total. The van der Waals surface area contributed by atoms with Crippen LogP contribution < -0.4 is 16.8 Å². The molecule has 6 nitrogen and oxygen atoms in total. The van der Waals surface area contributed by atoms with Gasteiger partial charge in [0.1, 0.15) is 0 Å². The first-order valence-corrected chi connectivity index (χ1v) is 11.4. The zero-order chi connectivity index (χ0) is 25.6. The number of urea groups is 2. The Hall–Kier alpha value is -2.94. The van der Waals surface area contributed by atoms with E-state index in [0.29, 0.717) is 19.5 Å². The number of hydrogen-bond donors (Lipinski definition) is 3. The number of carbonyl (C=O) groups is 2. The van der Waals surface area contributed by atoms with Crippen LogP contribution in [0.3, 0.4) is 0 Å². The highest BCUT2D eigenvalue weighted by Gasteiger charge is 2.34. The van der Waals surface area contributed by atoms with Crippen molar-refractivity contribution < 1.29 is 22.8 Å². The predicted octanol–water partition coefficient (Wildman–Crippen LogP) is 6.43. The molecule has 4 amide bonds. The Labute approximate surface area is 203 Å². The zero-order valence-electron chi connectivity index (χ0n) is 19.2. The van der Waals surface area contributed by atoms with Gasteiger partial charge in [0.2, 0.25) is 0 Å². The van der Waals surface area contributed by atoms with E-state index in [2.05, 4.69) is 23.7 Å². The molecule has 2 aromatic carbocycles. The van der Waals surface area contributed by atoms with Gasteiger partial charge >= 0.3 is 18.2 Å². The molecule has 188 valence electrons. The van der Waals surface area contributed by atoms with Crippen LogP contribution in [0.2, 0.25) is 5.02 Å². The van der Waals surface area contributed by atoms with Crippen molar-refractivity contribution >= 4 is 29.4 Å². The van der Waals surface area contributed by atoms with Crippen molar-refractivity contribution in [1.29, 1.82) is 0 Å². The lowest BCUT2D eigenvalue weighted by Gasteiger charge is -2.24. The molecule has 2 aromatic rings. The van der Waals surface area contributed by atoms with E-state index in [4.69, 9.17) is 16.4 Å². The minimum Gasteiger partial charge on any atom is -0.352 e. The van der Waals surface area contributed by atoms with Crippen LogP contribution in [0.1, 0.15) is 50.2 Å². The fourth-order valence-corrected chi connectivity index (χ4v) is 3.36. The van der Waals surface area contributed by atoms with Gasteiger partial charge in [-0.3, -0.25) is 0 Å². The molecule has 0 unspecified atom stereocenters. The molecule has 0 aliphatic rings. The minimum absolute atomic E-state index is 0.0304. The Morgan fingerprint density at radius 3 is 2.18 bits per heavy atom. The van der Waals surface area contributed by atoms with E-state index in [1.807, 2.05) is 30.3 Å². The lowest BCUT2D eigenvalue weighted by molar-refractivity contribution is -0.136. The highest BCUT2D eigenvalue weighted by atomic mass is 35.5. The molecule has 0 saturated heterocycles. The molecule has 10 heteroatoms. The van der Waals surface area contributed by atoms with Crippen LogP contribution in [0.15, 0.2) is 48.5 Å². The summed E-state index contributed by atoms with van der Waals surface area (Å²) in [7, 11) is 0. The zero-order valence-corrected chi connectivity index (χ0v) is 20.0. The van der Waals surface area contributed by atoms with Crippen LogP contribution in [-0.2, 0) is 12.6 Å². The Kier molecular flexibility index (Phi) is 12.9. The van der Waals surface area contributed by atoms with Crippen molar-refractivity contribution in [2.75, 3.05) is 18.4 Å². The molecule has 0 heterocycles. The number of carbonyl (C=O) groups excluding carboxylic acids is 2. The number of primary amides is 2. The maximum Gasteiger partial charge on any atom is 0.418 e. The highest BCUT2D eigenvalue weighted by molar-refractivity contribution is 6.30. The fourth-order valence-electron chi connectivity index (χ4n) is 3.18. The third kappa shape index (κ3) is 11.8. The Morgan fingerprint density at radius 1 is 0.971 bits per heavy atom. The van der Waals surface area contributed by atoms with E-state index >= 15 is 0 Å². The molecule has 0 aromatic heterocycles. The lowest BCUT2D eigenvalue weighted by atomic mass is 10.1. The second kappa shape index (κ2) is 15.1. The van der Waals surface area contributed by atoms with E-state index in [1.54, 1.807) is 4.90 Å². The van der Waals surface area contributed by atoms with Gasteiger partial charge < -0.3 is 21.7 Å². The molecule has 0 saturated carbocycles. The van der Waals surface area contributed by atoms with Gasteiger partial charge in [-0.25, -0.2) is 9.59 Å². The van der Waals surface area contributed by atoms with Crippen molar-refractivity contribution in [2.45, 2.75) is 51.6 Å². The number of halogens is 4. The molecule has 0 radical (unpaired) electrons. The number of alkyl halides is 3. The first-order valence-electron chi connectivity index (χ1n) is 11.1. The van der Waals surface area contributed by atoms with Gasteiger partial charge in [-0.15, -0.1) is 0 Å². The highest BCUT2D eigenvalue weighted by Crippen LogP contribution is 2.36. The normalized spacial score (nSPS) is 10.7. The van der Waals surface area contributed by atoms with Crippen molar-refractivity contribution in [2.24, 2.45) is 11.5 Å². The third-order valence-corrected chi connectivity index (χ3v) is 5.10. The summed E-state index contributed by atoms with van der Waals surface area (Å²) < 4.78 is 40.0. The summed E-state index contributed by atoms with van der Waals surface area (Å²) in [6.07, 6.45) is 1.16. The van der Waals surface area contributed by atoms with Gasteiger partial charge in [0.15, 0.2) is 0 Å². The first kappa shape index (κ1) is 29.1. The Morgan fingerprint density at radius 2 is 1.59 bits per heavy atom. The van der Waals surface area contributed by atoms with E-state index in [0.717, 1.165) is 43.7 Å². The number of amides is 4. The summed E-state index contributed by atoms with van der Waals surface area (Å²) in [5.41, 5.74) is 8.34. The van der Waals surface area contributed by atoms with Crippen LogP contribution in [0, 0.1) is 0 Å². The number of hydrogen-bond acceptors (Lipinski definition) is 2. The standard InChI is InChI=1S/C23H28ClF3N2O.CH4N2O/c1-2-3-4-5-9-15-29(16-14-18-10-7-6-8-11-18)22(30)28-21-13-12-19(24)17-20(21)23(25,26)27;2-1(3)4/h6-8,10-13,17H,2-5,9,14-16H2,1H3,(H,28,30);(H4,2,3,4). The minimum atomic E-state index is -4.61. The number of benzene rings is 2. The topological polar surface area (TPSA) is 101 Å². The molecule has 0 atom stereocenters. The number of nitrogens with one attached hydrogen (secondary N) is 1. The molecular formula is C24H32ClF3N4O2. The fraction of sp³-hybridized carbons (Fsp3) is 0.417. The molecular weight excluding hydrogens is 469 g/mol. The number of rotatable bonds is 10. The third-order valence-electron chi connectivity index (χ3n) is 4.86. The first-order chi connectivity index (χ1) is 16.0. The summed E-state index contributed by atoms with van der Waals surface area (Å²) in [6, 6.07) is 11.7. The van der Waals surface area contributed by atoms with E-state index in [-0.39, 0.29) is 10.7 Å². The van der Waals surface area contributed by atoms with Gasteiger partial charge in [-0.05, 0) is 36.6 Å². The number of anilines is 1. The lowest BCUT2D eigenvalue weighted by Crippen LogP contribution is -2.37. The molecule has 0 aliphatic heterocycles. The smallest absolute Gasteiger partial charge is 0.352 e. The summed E-state index contributed by atoms with van der Waals surface area (Å²) in [5, 5.41) is 2.41. The van der Waals surface area contributed by atoms with Crippen molar-refractivity contribution in [1.82, 2.24) is 4.90 Å². The van der Waals surface area contributed by atoms with Gasteiger partial charge in [0.05, 0.1) is 11.3 Å². The molecule has 0 spiro atoms. The van der Waals surface area contributed by atoms with E-state index in [9.17, 15) is 18.0 Å². The second-order valence-corrected chi connectivity index (χ2v) is 8.09. The van der Waals surface area contributed by atoms with Crippen LogP contribution >= 0.6 is 11.6 Å². The Bertz CT molecular complexity index is 892. The quantitative estimate of drug-likeness (QED) is 0.327. The SMILES string of the molecule is CCCCCCCN(CCc1ccccc1)C(=O)Nc1ccc(Cl)cc1C(F)(F)F.NC(N)=O. The van der Waals surface area contributed by atoms with Crippen LogP contribution in [-0.4, -0.2) is 30.1 Å². The average molecular weight is 501 g/mol. The van der Waals surface area contributed by atoms with Crippen LogP contribution in [0.4, 0.5) is 28.4 Å². The molecule has 0 fully saturated rings. The van der Waals surface area contributed by atoms with Crippen molar-refractivity contribution in [3.05, 3.63) is 64.7 Å². The molecule has 2 rings (SSSR count). The predicted molar refractivity (Wildman–Crippen MR) is 130 cm³/mol. The average Bonchev–Trinajstić information content (AvgIpc) is 2.76. The summed E-state index contributed by atoms with van der Waals surface area (Å²) in [6.45, 7) is 3.06. The van der Waals surface area contributed by atoms with Gasteiger partial charge in [0.25, 0.3) is 0 Å². The van der Waals surface area contributed by atoms with Crippen molar-refractivity contribution in [3.8, 4) is 0 Å². The molecule has 0 bridgehead atoms. The van der Waals surface area contributed by atoms with Crippen molar-refractivity contribution in [3.63, 3.8) is 0 Å². The molecule has 0 aliphatic carbocycles. The van der Waals surface area contributed by atoms with E-state index in [1.165, 1.54) is 12.1 Å². The summed E-state index contributed by atoms with van der Waals surface area (Å²) in [5.74, 6) is 0. The number of nitrogens with zero attached hydrogens (tertiary/aromatic N) is 1. The number of unbranched alkanes of at least 4 members (excludes halogenated alkanes) is 4. The van der Waals surface area contributed by atoms with Gasteiger partial charge in [-0.1, -0.05) is 74.5 Å². The Balaban J connectivity index is 0.00000133. The summed E-state index contributed by atoms with van der Waals surface area (Å²) >= 11 is 5.73. The number of nitrogens with two attached hydrogens (primary N) is 2. The monoisotopic (exact) mass is 500 g/mol. The van der Waals surface area contributed by atoms with Crippen LogP contribution in [0.25, 0.3) is 0 Å². The van der Waals surface area contributed by atoms with Crippen LogP contribution in [0.5, 0.6) is 0 Å². The second-order valence-electron chi connectivity index (χ2n) is 7.66. The van der Waals surface area contributed by atoms with E-state index < -0.39 is 23.8 Å². The summed E-state index contributed by atoms with van der Waals surface area (Å²) in [4.78, 5) is 23.4. The molecule has 34 heavy (non-hydrogen) atoms. The van der Waals surface area contributed by atoms with Gasteiger partial charge in [0, 0.05) is 18.1 Å². The van der Waals surface area contributed by atoms with Gasteiger partial charge in [-0.2, -0.15) is 13.2 Å². The maximum absolute atomic E-state index is 13.3.